The van der Waals surface area contributed by atoms with Crippen molar-refractivity contribution in [3.8, 4) is 16.9 Å². The number of methoxy groups -OCH3 is 1. The first-order valence-electron chi connectivity index (χ1n) is 10.3. The Balaban J connectivity index is 1.72. The van der Waals surface area contributed by atoms with Gasteiger partial charge >= 0.3 is 0 Å². The average Bonchev–Trinajstić information content (AvgIpc) is 2.78. The van der Waals surface area contributed by atoms with Crippen molar-refractivity contribution in [1.29, 1.82) is 0 Å². The maximum atomic E-state index is 14.4. The molecule has 0 radical (unpaired) electrons. The van der Waals surface area contributed by atoms with Crippen LogP contribution < -0.4 is 10.1 Å². The number of ether oxygens (including phenoxy) is 1. The van der Waals surface area contributed by atoms with Crippen molar-refractivity contribution in [3.63, 3.8) is 0 Å². The fraction of sp³-hybridized carbons (Fsp3) is 0.185. The highest BCUT2D eigenvalue weighted by atomic mass is 35.5. The first-order valence-corrected chi connectivity index (χ1v) is 10.7. The van der Waals surface area contributed by atoms with E-state index in [1.165, 1.54) is 13.2 Å². The minimum Gasteiger partial charge on any atom is -0.494 e. The van der Waals surface area contributed by atoms with Gasteiger partial charge in [-0.3, -0.25) is 0 Å². The highest BCUT2D eigenvalue weighted by Crippen LogP contribution is 2.34. The van der Waals surface area contributed by atoms with Gasteiger partial charge in [0.05, 0.1) is 7.11 Å². The molecule has 4 rings (SSSR count). The Morgan fingerprint density at radius 2 is 1.61 bits per heavy atom. The molecule has 0 aliphatic rings. The van der Waals surface area contributed by atoms with Crippen LogP contribution in [0.2, 0.25) is 5.02 Å². The second kappa shape index (κ2) is 9.09. The first-order chi connectivity index (χ1) is 15.0. The lowest BCUT2D eigenvalue weighted by molar-refractivity contribution is 0.386. The van der Waals surface area contributed by atoms with Crippen LogP contribution in [0.5, 0.6) is 5.75 Å². The van der Waals surface area contributed by atoms with Gasteiger partial charge in [-0.1, -0.05) is 54.1 Å². The molecule has 1 N–H and O–H groups in total. The first kappa shape index (κ1) is 21.4. The molecule has 31 heavy (non-hydrogen) atoms. The van der Waals surface area contributed by atoms with E-state index in [9.17, 15) is 4.39 Å². The van der Waals surface area contributed by atoms with Gasteiger partial charge < -0.3 is 10.1 Å². The van der Waals surface area contributed by atoms with Gasteiger partial charge in [0.2, 0.25) is 0 Å². The third kappa shape index (κ3) is 4.58. The number of halogens is 2. The van der Waals surface area contributed by atoms with Crippen LogP contribution in [-0.2, 0) is 0 Å². The SMILES string of the molecule is COc1ccc(-c2cc(C(C)N[C@H](C)c3cccc(Cl)c3)cc3ccccc23)cc1F. The predicted molar refractivity (Wildman–Crippen MR) is 127 cm³/mol. The molecule has 0 spiro atoms. The molecular weight excluding hydrogens is 409 g/mol. The Morgan fingerprint density at radius 1 is 0.839 bits per heavy atom. The van der Waals surface area contributed by atoms with E-state index in [1.807, 2.05) is 36.4 Å². The molecule has 0 amide bonds. The number of rotatable bonds is 6. The van der Waals surface area contributed by atoms with Crippen molar-refractivity contribution < 1.29 is 9.13 Å². The minimum absolute atomic E-state index is 0.0837. The number of nitrogens with one attached hydrogen (secondary N) is 1. The largest absolute Gasteiger partial charge is 0.494 e. The van der Waals surface area contributed by atoms with E-state index >= 15 is 0 Å². The van der Waals surface area contributed by atoms with Crippen LogP contribution in [-0.4, -0.2) is 7.11 Å². The summed E-state index contributed by atoms with van der Waals surface area (Å²) in [5, 5.41) is 6.60. The molecule has 4 aromatic carbocycles. The summed E-state index contributed by atoms with van der Waals surface area (Å²) >= 11 is 6.16. The van der Waals surface area contributed by atoms with Gasteiger partial charge in [-0.15, -0.1) is 0 Å². The van der Waals surface area contributed by atoms with Crippen molar-refractivity contribution in [3.05, 3.63) is 101 Å². The van der Waals surface area contributed by atoms with Crippen LogP contribution in [0.3, 0.4) is 0 Å². The summed E-state index contributed by atoms with van der Waals surface area (Å²) in [7, 11) is 1.47. The lowest BCUT2D eigenvalue weighted by Gasteiger charge is -2.22. The van der Waals surface area contributed by atoms with Crippen LogP contribution >= 0.6 is 11.6 Å². The smallest absolute Gasteiger partial charge is 0.165 e. The fourth-order valence-electron chi connectivity index (χ4n) is 4.00. The molecule has 0 aromatic heterocycles. The summed E-state index contributed by atoms with van der Waals surface area (Å²) in [5.74, 6) is -0.121. The minimum atomic E-state index is -0.366. The molecule has 0 aliphatic carbocycles. The van der Waals surface area contributed by atoms with E-state index in [2.05, 4.69) is 49.5 Å². The van der Waals surface area contributed by atoms with Gasteiger partial charge in [-0.2, -0.15) is 0 Å². The van der Waals surface area contributed by atoms with Gasteiger partial charge in [-0.25, -0.2) is 4.39 Å². The molecule has 2 nitrogen and oxygen atoms in total. The summed E-state index contributed by atoms with van der Waals surface area (Å²) in [6, 6.07) is 25.8. The summed E-state index contributed by atoms with van der Waals surface area (Å²) in [6.45, 7) is 4.27. The zero-order valence-corrected chi connectivity index (χ0v) is 18.6. The molecule has 0 saturated heterocycles. The number of hydrogen-bond acceptors (Lipinski definition) is 2. The number of hydrogen-bond donors (Lipinski definition) is 1. The summed E-state index contributed by atoms with van der Waals surface area (Å²) < 4.78 is 19.5. The number of fused-ring (bicyclic) bond motifs is 1. The predicted octanol–water partition coefficient (Wildman–Crippen LogP) is 7.72. The lowest BCUT2D eigenvalue weighted by atomic mass is 9.93. The highest BCUT2D eigenvalue weighted by molar-refractivity contribution is 6.30. The van der Waals surface area contributed by atoms with Gasteiger partial charge in [0.15, 0.2) is 11.6 Å². The van der Waals surface area contributed by atoms with Gasteiger partial charge in [0.25, 0.3) is 0 Å². The second-order valence-corrected chi connectivity index (χ2v) is 8.24. The van der Waals surface area contributed by atoms with Crippen molar-refractivity contribution in [2.24, 2.45) is 0 Å². The molecular formula is C27H25ClFNO. The Labute approximate surface area is 187 Å². The molecule has 0 heterocycles. The van der Waals surface area contributed by atoms with Gasteiger partial charge in [0, 0.05) is 17.1 Å². The molecule has 2 atom stereocenters. The Hall–Kier alpha value is -2.88. The Bertz CT molecular complexity index is 1220. The summed E-state index contributed by atoms with van der Waals surface area (Å²) in [4.78, 5) is 0. The molecule has 0 aliphatic heterocycles. The van der Waals surface area contributed by atoms with Crippen molar-refractivity contribution in [2.75, 3.05) is 7.11 Å². The quantitative estimate of drug-likeness (QED) is 0.336. The van der Waals surface area contributed by atoms with E-state index in [-0.39, 0.29) is 23.7 Å². The maximum Gasteiger partial charge on any atom is 0.165 e. The zero-order valence-electron chi connectivity index (χ0n) is 17.8. The van der Waals surface area contributed by atoms with Crippen molar-refractivity contribution in [2.45, 2.75) is 25.9 Å². The van der Waals surface area contributed by atoms with Crippen LogP contribution in [0.25, 0.3) is 21.9 Å². The van der Waals surface area contributed by atoms with Crippen LogP contribution in [0.4, 0.5) is 4.39 Å². The monoisotopic (exact) mass is 433 g/mol. The van der Waals surface area contributed by atoms with E-state index in [4.69, 9.17) is 16.3 Å². The van der Waals surface area contributed by atoms with Crippen molar-refractivity contribution in [1.82, 2.24) is 5.32 Å². The standard InChI is InChI=1S/C27H25ClFNO/c1-17(19-8-6-9-23(28)14-19)30-18(2)22-13-20-7-4-5-10-24(20)25(15-22)21-11-12-27(31-3)26(29)16-21/h4-18,30H,1-3H3/t17-,18?/m1/s1. The van der Waals surface area contributed by atoms with E-state index < -0.39 is 0 Å². The molecule has 0 saturated carbocycles. The van der Waals surface area contributed by atoms with Crippen LogP contribution in [0.15, 0.2) is 78.9 Å². The fourth-order valence-corrected chi connectivity index (χ4v) is 4.20. The van der Waals surface area contributed by atoms with Crippen molar-refractivity contribution >= 4 is 22.4 Å². The molecule has 4 heteroatoms. The molecule has 1 unspecified atom stereocenters. The van der Waals surface area contributed by atoms with E-state index in [0.717, 1.165) is 38.0 Å². The second-order valence-electron chi connectivity index (χ2n) is 7.80. The number of benzene rings is 4. The molecule has 0 fully saturated rings. The van der Waals surface area contributed by atoms with Gasteiger partial charge in [0.1, 0.15) is 0 Å². The molecule has 158 valence electrons. The summed E-state index contributed by atoms with van der Waals surface area (Å²) in [5.41, 5.74) is 4.10. The average molecular weight is 434 g/mol. The maximum absolute atomic E-state index is 14.4. The normalized spacial score (nSPS) is 13.2. The van der Waals surface area contributed by atoms with E-state index in [1.54, 1.807) is 6.07 Å². The topological polar surface area (TPSA) is 21.3 Å². The Morgan fingerprint density at radius 3 is 2.35 bits per heavy atom. The van der Waals surface area contributed by atoms with Gasteiger partial charge in [-0.05, 0) is 83.3 Å². The lowest BCUT2D eigenvalue weighted by Crippen LogP contribution is -2.22. The third-order valence-corrected chi connectivity index (χ3v) is 5.93. The van der Waals surface area contributed by atoms with Crippen LogP contribution in [0, 0.1) is 5.82 Å². The molecule has 4 aromatic rings. The van der Waals surface area contributed by atoms with Crippen LogP contribution in [0.1, 0.15) is 37.1 Å². The highest BCUT2D eigenvalue weighted by Gasteiger charge is 2.15. The molecule has 0 bridgehead atoms. The Kier molecular flexibility index (Phi) is 6.26. The zero-order chi connectivity index (χ0) is 22.0. The third-order valence-electron chi connectivity index (χ3n) is 5.70. The van der Waals surface area contributed by atoms with E-state index in [0.29, 0.717) is 0 Å². The summed E-state index contributed by atoms with van der Waals surface area (Å²) in [6.07, 6.45) is 0.